The summed E-state index contributed by atoms with van der Waals surface area (Å²) in [5, 5.41) is 2.72. The second-order valence-corrected chi connectivity index (χ2v) is 4.56. The molecule has 0 saturated heterocycles. The van der Waals surface area contributed by atoms with Crippen molar-refractivity contribution in [3.8, 4) is 11.6 Å². The van der Waals surface area contributed by atoms with E-state index in [-0.39, 0.29) is 11.7 Å². The van der Waals surface area contributed by atoms with Crippen molar-refractivity contribution in [3.63, 3.8) is 0 Å². The van der Waals surface area contributed by atoms with Crippen molar-refractivity contribution in [1.29, 1.82) is 0 Å². The van der Waals surface area contributed by atoms with Crippen LogP contribution >= 0.6 is 0 Å². The molecule has 20 heavy (non-hydrogen) atoms. The average Bonchev–Trinajstić information content (AvgIpc) is 2.34. The lowest BCUT2D eigenvalue weighted by atomic mass is 10.1. The van der Waals surface area contributed by atoms with Gasteiger partial charge in [-0.25, -0.2) is 8.78 Å². The number of ether oxygens (including phenoxy) is 1. The van der Waals surface area contributed by atoms with Gasteiger partial charge in [0.05, 0.1) is 0 Å². The van der Waals surface area contributed by atoms with E-state index in [0.717, 1.165) is 17.2 Å². The molecule has 3 nitrogen and oxygen atoms in total. The van der Waals surface area contributed by atoms with Gasteiger partial charge in [-0.3, -0.25) is 0 Å². The fourth-order valence-corrected chi connectivity index (χ4v) is 1.92. The Labute approximate surface area is 116 Å². The van der Waals surface area contributed by atoms with Crippen LogP contribution in [-0.2, 0) is 0 Å². The Morgan fingerprint density at radius 3 is 2.30 bits per heavy atom. The average molecular weight is 278 g/mol. The maximum absolute atomic E-state index is 13.7. The first-order valence-corrected chi connectivity index (χ1v) is 6.35. The van der Waals surface area contributed by atoms with Crippen LogP contribution in [0.4, 0.5) is 14.6 Å². The molecule has 0 radical (unpaired) electrons. The number of pyridine rings is 1. The van der Waals surface area contributed by atoms with Crippen LogP contribution in [0.3, 0.4) is 0 Å². The second-order valence-electron chi connectivity index (χ2n) is 4.56. The third kappa shape index (κ3) is 3.23. The van der Waals surface area contributed by atoms with E-state index in [9.17, 15) is 8.78 Å². The van der Waals surface area contributed by atoms with Gasteiger partial charge in [0.15, 0.2) is 17.5 Å². The number of halogens is 2. The maximum atomic E-state index is 13.7. The normalized spacial score (nSPS) is 10.4. The minimum Gasteiger partial charge on any atom is -0.436 e. The van der Waals surface area contributed by atoms with Crippen LogP contribution in [0.1, 0.15) is 18.1 Å². The van der Waals surface area contributed by atoms with Crippen molar-refractivity contribution in [2.75, 3.05) is 11.9 Å². The summed E-state index contributed by atoms with van der Waals surface area (Å²) >= 11 is 0. The minimum absolute atomic E-state index is 0.0201. The third-order valence-corrected chi connectivity index (χ3v) is 2.65. The molecule has 2 rings (SSSR count). The predicted octanol–water partition coefficient (Wildman–Crippen LogP) is 4.20. The number of anilines is 1. The van der Waals surface area contributed by atoms with Crippen molar-refractivity contribution in [3.05, 3.63) is 47.0 Å². The predicted molar refractivity (Wildman–Crippen MR) is 74.3 cm³/mol. The highest BCUT2D eigenvalue weighted by Gasteiger charge is 2.13. The Morgan fingerprint density at radius 2 is 1.70 bits per heavy atom. The van der Waals surface area contributed by atoms with Crippen LogP contribution in [0.15, 0.2) is 24.3 Å². The first-order chi connectivity index (χ1) is 9.49. The highest BCUT2D eigenvalue weighted by Crippen LogP contribution is 2.27. The fourth-order valence-electron chi connectivity index (χ4n) is 1.92. The van der Waals surface area contributed by atoms with Gasteiger partial charge in [-0.15, -0.1) is 0 Å². The van der Waals surface area contributed by atoms with E-state index in [1.807, 2.05) is 19.9 Å². The van der Waals surface area contributed by atoms with Crippen LogP contribution in [0.2, 0.25) is 0 Å². The van der Waals surface area contributed by atoms with Gasteiger partial charge < -0.3 is 10.1 Å². The van der Waals surface area contributed by atoms with E-state index >= 15 is 0 Å². The zero-order chi connectivity index (χ0) is 14.7. The number of nitrogens with one attached hydrogen (secondary N) is 1. The van der Waals surface area contributed by atoms with E-state index in [1.54, 1.807) is 19.1 Å². The summed E-state index contributed by atoms with van der Waals surface area (Å²) < 4.78 is 32.6. The molecule has 2 aromatic rings. The number of aryl methyl sites for hydroxylation is 2. The van der Waals surface area contributed by atoms with Crippen molar-refractivity contribution in [2.45, 2.75) is 20.8 Å². The lowest BCUT2D eigenvalue weighted by Gasteiger charge is -2.10. The Morgan fingerprint density at radius 1 is 1.05 bits per heavy atom. The maximum Gasteiger partial charge on any atom is 0.258 e. The largest absolute Gasteiger partial charge is 0.436 e. The Balaban J connectivity index is 2.34. The minimum atomic E-state index is -0.830. The van der Waals surface area contributed by atoms with E-state index in [4.69, 9.17) is 4.74 Å². The highest BCUT2D eigenvalue weighted by atomic mass is 19.1. The molecular weight excluding hydrogens is 262 g/mol. The van der Waals surface area contributed by atoms with Crippen molar-refractivity contribution in [1.82, 2.24) is 4.98 Å². The Bertz CT molecular complexity index is 609. The lowest BCUT2D eigenvalue weighted by Crippen LogP contribution is -2.04. The monoisotopic (exact) mass is 278 g/mol. The first-order valence-electron chi connectivity index (χ1n) is 6.35. The first kappa shape index (κ1) is 14.2. The molecular formula is C15H16F2N2O. The number of hydrogen-bond acceptors (Lipinski definition) is 3. The molecule has 0 saturated carbocycles. The number of rotatable bonds is 4. The number of aromatic nitrogens is 1. The van der Waals surface area contributed by atoms with Crippen molar-refractivity contribution >= 4 is 5.82 Å². The fraction of sp³-hybridized carbons (Fsp3) is 0.267. The molecule has 0 aliphatic carbocycles. The SMILES string of the molecule is CCNc1nc(Oc2cc(C)cc(C)c2)c(F)cc1F. The molecule has 0 aliphatic heterocycles. The zero-order valence-electron chi connectivity index (χ0n) is 11.6. The smallest absolute Gasteiger partial charge is 0.258 e. The van der Waals surface area contributed by atoms with E-state index in [0.29, 0.717) is 12.3 Å². The number of benzene rings is 1. The molecule has 1 N–H and O–H groups in total. The van der Waals surface area contributed by atoms with Gasteiger partial charge in [-0.1, -0.05) is 6.07 Å². The molecule has 0 unspecified atom stereocenters. The Hall–Kier alpha value is -2.17. The summed E-state index contributed by atoms with van der Waals surface area (Å²) in [5.74, 6) is -1.36. The Kier molecular flexibility index (Phi) is 4.17. The van der Waals surface area contributed by atoms with Crippen LogP contribution in [0.5, 0.6) is 11.6 Å². The molecule has 0 amide bonds. The zero-order valence-corrected chi connectivity index (χ0v) is 11.6. The molecule has 1 aromatic heterocycles. The molecule has 0 fully saturated rings. The molecule has 1 heterocycles. The molecule has 106 valence electrons. The lowest BCUT2D eigenvalue weighted by molar-refractivity contribution is 0.417. The van der Waals surface area contributed by atoms with Gasteiger partial charge in [0, 0.05) is 12.6 Å². The molecule has 0 atom stereocenters. The second kappa shape index (κ2) is 5.86. The molecule has 0 spiro atoms. The topological polar surface area (TPSA) is 34.2 Å². The summed E-state index contributed by atoms with van der Waals surface area (Å²) in [7, 11) is 0. The quantitative estimate of drug-likeness (QED) is 0.910. The molecule has 5 heteroatoms. The van der Waals surface area contributed by atoms with Crippen LogP contribution in [-0.4, -0.2) is 11.5 Å². The van der Waals surface area contributed by atoms with Crippen molar-refractivity contribution in [2.24, 2.45) is 0 Å². The van der Waals surface area contributed by atoms with E-state index < -0.39 is 11.6 Å². The summed E-state index contributed by atoms with van der Waals surface area (Å²) in [6.45, 7) is 6.12. The van der Waals surface area contributed by atoms with Gasteiger partial charge >= 0.3 is 0 Å². The van der Waals surface area contributed by atoms with Crippen LogP contribution < -0.4 is 10.1 Å². The number of nitrogens with zero attached hydrogens (tertiary/aromatic N) is 1. The molecule has 1 aromatic carbocycles. The molecule has 0 bridgehead atoms. The summed E-state index contributed by atoms with van der Waals surface area (Å²) in [6, 6.07) is 6.28. The van der Waals surface area contributed by atoms with Crippen molar-refractivity contribution < 1.29 is 13.5 Å². The summed E-state index contributed by atoms with van der Waals surface area (Å²) in [6.07, 6.45) is 0. The standard InChI is InChI=1S/C15H16F2N2O/c1-4-18-14-12(16)8-13(17)15(19-14)20-11-6-9(2)5-10(3)7-11/h5-8H,4H2,1-3H3,(H,18,19). The van der Waals surface area contributed by atoms with Gasteiger partial charge in [0.25, 0.3) is 5.88 Å². The van der Waals surface area contributed by atoms with Gasteiger partial charge in [0.1, 0.15) is 5.75 Å². The van der Waals surface area contributed by atoms with Gasteiger partial charge in [-0.05, 0) is 44.0 Å². The van der Waals surface area contributed by atoms with Gasteiger partial charge in [-0.2, -0.15) is 4.98 Å². The van der Waals surface area contributed by atoms with E-state index in [2.05, 4.69) is 10.3 Å². The number of hydrogen-bond donors (Lipinski definition) is 1. The third-order valence-electron chi connectivity index (χ3n) is 2.65. The summed E-state index contributed by atoms with van der Waals surface area (Å²) in [5.41, 5.74) is 1.99. The highest BCUT2D eigenvalue weighted by molar-refractivity contribution is 5.41. The summed E-state index contributed by atoms with van der Waals surface area (Å²) in [4.78, 5) is 3.83. The van der Waals surface area contributed by atoms with Crippen LogP contribution in [0.25, 0.3) is 0 Å². The van der Waals surface area contributed by atoms with E-state index in [1.165, 1.54) is 0 Å². The molecule has 0 aliphatic rings. The van der Waals surface area contributed by atoms with Gasteiger partial charge in [0.2, 0.25) is 0 Å². The van der Waals surface area contributed by atoms with Crippen LogP contribution in [0, 0.1) is 25.5 Å².